The van der Waals surface area contributed by atoms with E-state index in [0.29, 0.717) is 17.0 Å². The van der Waals surface area contributed by atoms with Gasteiger partial charge in [0.25, 0.3) is 11.8 Å². The Hall–Kier alpha value is -2.28. The van der Waals surface area contributed by atoms with E-state index in [2.05, 4.69) is 10.6 Å². The number of rotatable bonds is 8. The van der Waals surface area contributed by atoms with Crippen LogP contribution in [0.5, 0.6) is 0 Å². The summed E-state index contributed by atoms with van der Waals surface area (Å²) in [6, 6.07) is 10.1. The van der Waals surface area contributed by atoms with Gasteiger partial charge in [-0.05, 0) is 42.3 Å². The van der Waals surface area contributed by atoms with Crippen LogP contribution in [0.4, 0.5) is 5.69 Å². The minimum Gasteiger partial charge on any atom is -0.454 e. The molecule has 9 heteroatoms. The highest BCUT2D eigenvalue weighted by Crippen LogP contribution is 2.29. The standard InChI is InChI=1S/C21H21Cl3N2O4/c1-3-12(2)18(26-20(28)13-7-9-14(22)10-8-13)21(29)30-11-17(27)25-19-15(23)5-4-6-16(19)24/h4-10,12,18H,3,11H2,1-2H3,(H,25,27)(H,26,28)/t12-,18-/m0/s1. The Morgan fingerprint density at radius 2 is 1.60 bits per heavy atom. The lowest BCUT2D eigenvalue weighted by atomic mass is 9.99. The van der Waals surface area contributed by atoms with Gasteiger partial charge >= 0.3 is 5.97 Å². The van der Waals surface area contributed by atoms with Crippen molar-refractivity contribution < 1.29 is 19.1 Å². The van der Waals surface area contributed by atoms with Gasteiger partial charge in [-0.15, -0.1) is 0 Å². The number of ether oxygens (including phenoxy) is 1. The van der Waals surface area contributed by atoms with E-state index in [1.807, 2.05) is 6.92 Å². The van der Waals surface area contributed by atoms with Crippen LogP contribution in [0.25, 0.3) is 0 Å². The Morgan fingerprint density at radius 3 is 2.17 bits per heavy atom. The molecular formula is C21H21Cl3N2O4. The number of hydrogen-bond donors (Lipinski definition) is 2. The van der Waals surface area contributed by atoms with Gasteiger partial charge in [-0.3, -0.25) is 9.59 Å². The first kappa shape index (κ1) is 24.0. The summed E-state index contributed by atoms with van der Waals surface area (Å²) in [7, 11) is 0. The average Bonchev–Trinajstić information content (AvgIpc) is 2.72. The largest absolute Gasteiger partial charge is 0.454 e. The predicted molar refractivity (Wildman–Crippen MR) is 118 cm³/mol. The van der Waals surface area contributed by atoms with E-state index in [1.165, 1.54) is 0 Å². The van der Waals surface area contributed by atoms with Crippen molar-refractivity contribution in [3.63, 3.8) is 0 Å². The highest BCUT2D eigenvalue weighted by Gasteiger charge is 2.28. The van der Waals surface area contributed by atoms with E-state index in [9.17, 15) is 14.4 Å². The topological polar surface area (TPSA) is 84.5 Å². The smallest absolute Gasteiger partial charge is 0.329 e. The van der Waals surface area contributed by atoms with E-state index in [4.69, 9.17) is 39.5 Å². The fourth-order valence-corrected chi connectivity index (χ4v) is 3.13. The van der Waals surface area contributed by atoms with Gasteiger partial charge in [0.05, 0.1) is 15.7 Å². The van der Waals surface area contributed by atoms with Gasteiger partial charge in [0.15, 0.2) is 6.61 Å². The molecule has 0 unspecified atom stereocenters. The molecule has 2 atom stereocenters. The highest BCUT2D eigenvalue weighted by atomic mass is 35.5. The normalized spacial score (nSPS) is 12.6. The molecule has 0 spiro atoms. The van der Waals surface area contributed by atoms with Crippen LogP contribution in [-0.4, -0.2) is 30.4 Å². The second kappa shape index (κ2) is 11.2. The lowest BCUT2D eigenvalue weighted by Gasteiger charge is -2.22. The number of halogens is 3. The number of esters is 1. The third-order valence-electron chi connectivity index (χ3n) is 4.43. The van der Waals surface area contributed by atoms with Crippen LogP contribution >= 0.6 is 34.8 Å². The number of para-hydroxylation sites is 1. The molecular weight excluding hydrogens is 451 g/mol. The zero-order valence-corrected chi connectivity index (χ0v) is 18.6. The monoisotopic (exact) mass is 470 g/mol. The molecule has 2 amide bonds. The number of nitrogens with one attached hydrogen (secondary N) is 2. The molecule has 0 aliphatic carbocycles. The highest BCUT2D eigenvalue weighted by molar-refractivity contribution is 6.39. The molecule has 0 bridgehead atoms. The third kappa shape index (κ3) is 6.62. The summed E-state index contributed by atoms with van der Waals surface area (Å²) >= 11 is 17.9. The number of benzene rings is 2. The van der Waals surface area contributed by atoms with Crippen LogP contribution in [0.15, 0.2) is 42.5 Å². The van der Waals surface area contributed by atoms with Crippen LogP contribution in [0, 0.1) is 5.92 Å². The van der Waals surface area contributed by atoms with Crippen LogP contribution in [0.3, 0.4) is 0 Å². The molecule has 0 aromatic heterocycles. The maximum Gasteiger partial charge on any atom is 0.329 e. The Balaban J connectivity index is 2.00. The van der Waals surface area contributed by atoms with E-state index < -0.39 is 30.4 Å². The van der Waals surface area contributed by atoms with Gasteiger partial charge in [0.1, 0.15) is 6.04 Å². The number of carbonyl (C=O) groups excluding carboxylic acids is 3. The summed E-state index contributed by atoms with van der Waals surface area (Å²) in [5, 5.41) is 6.19. The summed E-state index contributed by atoms with van der Waals surface area (Å²) in [5.41, 5.74) is 0.586. The minimum absolute atomic E-state index is 0.213. The van der Waals surface area contributed by atoms with E-state index in [-0.39, 0.29) is 21.7 Å². The molecule has 30 heavy (non-hydrogen) atoms. The third-order valence-corrected chi connectivity index (χ3v) is 5.31. The molecule has 2 aromatic carbocycles. The van der Waals surface area contributed by atoms with Gasteiger partial charge in [0, 0.05) is 10.6 Å². The average molecular weight is 472 g/mol. The van der Waals surface area contributed by atoms with Crippen molar-refractivity contribution in [2.24, 2.45) is 5.92 Å². The van der Waals surface area contributed by atoms with Crippen LogP contribution in [-0.2, 0) is 14.3 Å². The Morgan fingerprint density at radius 1 is 1.00 bits per heavy atom. The predicted octanol–water partition coefficient (Wildman–Crippen LogP) is 4.97. The molecule has 160 valence electrons. The fraction of sp³-hybridized carbons (Fsp3) is 0.286. The molecule has 0 aliphatic heterocycles. The molecule has 2 aromatic rings. The first-order chi connectivity index (χ1) is 14.2. The van der Waals surface area contributed by atoms with Gasteiger partial charge in [-0.2, -0.15) is 0 Å². The number of hydrogen-bond acceptors (Lipinski definition) is 4. The van der Waals surface area contributed by atoms with Crippen LogP contribution < -0.4 is 10.6 Å². The molecule has 0 radical (unpaired) electrons. The van der Waals surface area contributed by atoms with Crippen molar-refractivity contribution in [2.75, 3.05) is 11.9 Å². The van der Waals surface area contributed by atoms with E-state index in [1.54, 1.807) is 49.4 Å². The number of carbonyl (C=O) groups is 3. The number of amides is 2. The van der Waals surface area contributed by atoms with Crippen molar-refractivity contribution in [2.45, 2.75) is 26.3 Å². The molecule has 0 saturated carbocycles. The lowest BCUT2D eigenvalue weighted by molar-refractivity contribution is -0.150. The van der Waals surface area contributed by atoms with Crippen LogP contribution in [0.1, 0.15) is 30.6 Å². The van der Waals surface area contributed by atoms with Crippen molar-refractivity contribution in [1.29, 1.82) is 0 Å². The second-order valence-corrected chi connectivity index (χ2v) is 7.85. The Kier molecular flexibility index (Phi) is 8.96. The summed E-state index contributed by atoms with van der Waals surface area (Å²) in [6.07, 6.45) is 0.613. The molecule has 6 nitrogen and oxygen atoms in total. The van der Waals surface area contributed by atoms with Crippen molar-refractivity contribution >= 4 is 58.3 Å². The first-order valence-corrected chi connectivity index (χ1v) is 10.3. The zero-order valence-electron chi connectivity index (χ0n) is 16.4. The molecule has 0 saturated heterocycles. The van der Waals surface area contributed by atoms with Gasteiger partial charge in [0.2, 0.25) is 0 Å². The zero-order chi connectivity index (χ0) is 22.3. The quantitative estimate of drug-likeness (QED) is 0.532. The van der Waals surface area contributed by atoms with E-state index in [0.717, 1.165) is 0 Å². The maximum atomic E-state index is 12.6. The maximum absolute atomic E-state index is 12.6. The molecule has 0 fully saturated rings. The first-order valence-electron chi connectivity index (χ1n) is 9.19. The Bertz CT molecular complexity index is 899. The molecule has 2 N–H and O–H groups in total. The summed E-state index contributed by atoms with van der Waals surface area (Å²) in [6.45, 7) is 3.13. The summed E-state index contributed by atoms with van der Waals surface area (Å²) in [4.78, 5) is 37.2. The summed E-state index contributed by atoms with van der Waals surface area (Å²) < 4.78 is 5.12. The van der Waals surface area contributed by atoms with Gasteiger partial charge in [-0.1, -0.05) is 61.1 Å². The molecule has 0 heterocycles. The lowest BCUT2D eigenvalue weighted by Crippen LogP contribution is -2.46. The summed E-state index contributed by atoms with van der Waals surface area (Å²) in [5.74, 6) is -1.98. The second-order valence-electron chi connectivity index (χ2n) is 6.60. The van der Waals surface area contributed by atoms with E-state index >= 15 is 0 Å². The molecule has 2 rings (SSSR count). The van der Waals surface area contributed by atoms with Crippen molar-refractivity contribution in [1.82, 2.24) is 5.32 Å². The fourth-order valence-electron chi connectivity index (χ4n) is 2.51. The van der Waals surface area contributed by atoms with Crippen molar-refractivity contribution in [3.05, 3.63) is 63.1 Å². The van der Waals surface area contributed by atoms with Gasteiger partial charge in [-0.25, -0.2) is 4.79 Å². The van der Waals surface area contributed by atoms with Gasteiger partial charge < -0.3 is 15.4 Å². The SMILES string of the molecule is CC[C@H](C)[C@H](NC(=O)c1ccc(Cl)cc1)C(=O)OCC(=O)Nc1c(Cl)cccc1Cl. The molecule has 0 aliphatic rings. The van der Waals surface area contributed by atoms with Crippen molar-refractivity contribution in [3.8, 4) is 0 Å². The van der Waals surface area contributed by atoms with Crippen LogP contribution in [0.2, 0.25) is 15.1 Å². The Labute approximate surface area is 189 Å². The number of anilines is 1. The minimum atomic E-state index is -0.921.